The molecule has 4 N–H and O–H groups in total. The molecule has 0 bridgehead atoms. The minimum atomic E-state index is -0.522. The summed E-state index contributed by atoms with van der Waals surface area (Å²) in [4.78, 5) is 21.2. The lowest BCUT2D eigenvalue weighted by Crippen LogP contribution is -2.13. The molecule has 0 spiro atoms. The summed E-state index contributed by atoms with van der Waals surface area (Å²) in [7, 11) is 0. The van der Waals surface area contributed by atoms with Crippen LogP contribution in [0, 0.1) is 0 Å². The van der Waals surface area contributed by atoms with Crippen LogP contribution in [0.1, 0.15) is 20.7 Å². The molecule has 1 rings (SSSR count). The van der Waals surface area contributed by atoms with E-state index < -0.39 is 11.8 Å². The first-order valence-corrected chi connectivity index (χ1v) is 3.31. The van der Waals surface area contributed by atoms with Gasteiger partial charge in [0.15, 0.2) is 0 Å². The highest BCUT2D eigenvalue weighted by molar-refractivity contribution is 5.96. The lowest BCUT2D eigenvalue weighted by molar-refractivity contribution is 0.0988. The zero-order valence-corrected chi connectivity index (χ0v) is 8.73. The first-order valence-electron chi connectivity index (χ1n) is 3.31. The van der Waals surface area contributed by atoms with Crippen LogP contribution in [0.2, 0.25) is 0 Å². The highest BCUT2D eigenvalue weighted by Gasteiger charge is 2.02. The van der Waals surface area contributed by atoms with E-state index in [1.807, 2.05) is 0 Å². The van der Waals surface area contributed by atoms with E-state index in [0.29, 0.717) is 11.1 Å². The van der Waals surface area contributed by atoms with Crippen LogP contribution >= 0.6 is 24.8 Å². The predicted molar refractivity (Wildman–Crippen MR) is 58.0 cm³/mol. The fourth-order valence-corrected chi connectivity index (χ4v) is 0.799. The fourth-order valence-electron chi connectivity index (χ4n) is 0.799. The van der Waals surface area contributed by atoms with Crippen molar-refractivity contribution >= 4 is 36.6 Å². The number of halogens is 2. The van der Waals surface area contributed by atoms with Crippen LogP contribution in [0.5, 0.6) is 0 Å². The summed E-state index contributed by atoms with van der Waals surface area (Å²) in [5, 5.41) is 0. The maximum atomic E-state index is 10.6. The fraction of sp³-hybridized carbons (Fsp3) is 0. The number of carbonyl (C=O) groups is 2. The minimum Gasteiger partial charge on any atom is -0.366 e. The Hall–Kier alpha value is -1.26. The molecule has 78 valence electrons. The number of hydrogen-bond acceptors (Lipinski definition) is 2. The van der Waals surface area contributed by atoms with Gasteiger partial charge in [-0.3, -0.25) is 9.59 Å². The molecule has 0 saturated heterocycles. The van der Waals surface area contributed by atoms with Gasteiger partial charge in [0.1, 0.15) is 0 Å². The molecule has 0 aliphatic carbocycles. The maximum absolute atomic E-state index is 10.6. The second-order valence-electron chi connectivity index (χ2n) is 2.31. The predicted octanol–water partition coefficient (Wildman–Crippen LogP) is 0.728. The average Bonchev–Trinajstić information content (AvgIpc) is 2.04. The first kappa shape index (κ1) is 15.2. The Morgan fingerprint density at radius 1 is 0.786 bits per heavy atom. The van der Waals surface area contributed by atoms with Crippen LogP contribution in [-0.2, 0) is 0 Å². The van der Waals surface area contributed by atoms with Crippen LogP contribution in [-0.4, -0.2) is 11.8 Å². The summed E-state index contributed by atoms with van der Waals surface area (Å²) in [5.41, 5.74) is 10.7. The van der Waals surface area contributed by atoms with Gasteiger partial charge in [0.05, 0.1) is 0 Å². The second kappa shape index (κ2) is 6.23. The van der Waals surface area contributed by atoms with Crippen LogP contribution < -0.4 is 11.5 Å². The second-order valence-corrected chi connectivity index (χ2v) is 2.31. The summed E-state index contributed by atoms with van der Waals surface area (Å²) >= 11 is 0. The van der Waals surface area contributed by atoms with E-state index in [-0.39, 0.29) is 24.8 Å². The molecular weight excluding hydrogens is 227 g/mol. The van der Waals surface area contributed by atoms with Gasteiger partial charge in [-0.25, -0.2) is 0 Å². The lowest BCUT2D eigenvalue weighted by Gasteiger charge is -1.96. The molecule has 0 aliphatic heterocycles. The summed E-state index contributed by atoms with van der Waals surface area (Å²) in [5.74, 6) is -1.04. The first-order chi connectivity index (χ1) is 5.61. The van der Waals surface area contributed by atoms with Gasteiger partial charge in [0, 0.05) is 11.1 Å². The van der Waals surface area contributed by atoms with Gasteiger partial charge in [-0.15, -0.1) is 24.8 Å². The van der Waals surface area contributed by atoms with Gasteiger partial charge in [-0.2, -0.15) is 0 Å². The smallest absolute Gasteiger partial charge is 0.248 e. The topological polar surface area (TPSA) is 86.2 Å². The van der Waals surface area contributed by atoms with Gasteiger partial charge >= 0.3 is 0 Å². The molecule has 0 unspecified atom stereocenters. The van der Waals surface area contributed by atoms with Crippen molar-refractivity contribution in [2.45, 2.75) is 0 Å². The standard InChI is InChI=1S/C8H8N2O2.2ClH/c9-7(11)5-1-2-6(4-3-5)8(10)12;;/h1-4H,(H2,9,11)(H2,10,12);2*1H. The highest BCUT2D eigenvalue weighted by Crippen LogP contribution is 2.02. The van der Waals surface area contributed by atoms with Crippen molar-refractivity contribution in [1.82, 2.24) is 0 Å². The Balaban J connectivity index is 0. The van der Waals surface area contributed by atoms with Gasteiger partial charge in [0.2, 0.25) is 11.8 Å². The lowest BCUT2D eigenvalue weighted by atomic mass is 10.1. The van der Waals surface area contributed by atoms with Crippen molar-refractivity contribution in [3.8, 4) is 0 Å². The molecule has 1 aromatic carbocycles. The molecule has 2 amide bonds. The molecule has 0 aromatic heterocycles. The van der Waals surface area contributed by atoms with Crippen LogP contribution in [0.15, 0.2) is 24.3 Å². The molecule has 0 atom stereocenters. The molecule has 0 fully saturated rings. The quantitative estimate of drug-likeness (QED) is 0.794. The van der Waals surface area contributed by atoms with Crippen LogP contribution in [0.25, 0.3) is 0 Å². The molecule has 0 heterocycles. The molecular formula is C8H10Cl2N2O2. The minimum absolute atomic E-state index is 0. The van der Waals surface area contributed by atoms with Crippen LogP contribution in [0.3, 0.4) is 0 Å². The van der Waals surface area contributed by atoms with Crippen molar-refractivity contribution in [1.29, 1.82) is 0 Å². The monoisotopic (exact) mass is 236 g/mol. The molecule has 0 aliphatic rings. The van der Waals surface area contributed by atoms with Crippen LogP contribution in [0.4, 0.5) is 0 Å². The number of carbonyl (C=O) groups excluding carboxylic acids is 2. The van der Waals surface area contributed by atoms with E-state index in [9.17, 15) is 9.59 Å². The zero-order valence-electron chi connectivity index (χ0n) is 7.10. The third-order valence-corrected chi connectivity index (χ3v) is 1.45. The van der Waals surface area contributed by atoms with Gasteiger partial charge in [0.25, 0.3) is 0 Å². The Morgan fingerprint density at radius 3 is 1.14 bits per heavy atom. The number of amides is 2. The number of hydrogen-bond donors (Lipinski definition) is 2. The van der Waals surface area contributed by atoms with E-state index in [2.05, 4.69) is 0 Å². The summed E-state index contributed by atoms with van der Waals surface area (Å²) in [6.07, 6.45) is 0. The maximum Gasteiger partial charge on any atom is 0.248 e. The Labute approximate surface area is 93.5 Å². The van der Waals surface area contributed by atoms with E-state index >= 15 is 0 Å². The number of rotatable bonds is 2. The summed E-state index contributed by atoms with van der Waals surface area (Å²) < 4.78 is 0. The van der Waals surface area contributed by atoms with Crippen molar-refractivity contribution in [2.24, 2.45) is 11.5 Å². The third kappa shape index (κ3) is 3.64. The molecule has 14 heavy (non-hydrogen) atoms. The Bertz CT molecular complexity index is 292. The third-order valence-electron chi connectivity index (χ3n) is 1.45. The number of nitrogens with two attached hydrogens (primary N) is 2. The van der Waals surface area contributed by atoms with Gasteiger partial charge < -0.3 is 11.5 Å². The normalized spacial score (nSPS) is 8.00. The Morgan fingerprint density at radius 2 is 1.00 bits per heavy atom. The largest absolute Gasteiger partial charge is 0.366 e. The van der Waals surface area contributed by atoms with Crippen molar-refractivity contribution in [2.75, 3.05) is 0 Å². The molecule has 0 saturated carbocycles. The average molecular weight is 237 g/mol. The van der Waals surface area contributed by atoms with Crippen molar-refractivity contribution in [3.63, 3.8) is 0 Å². The van der Waals surface area contributed by atoms with E-state index in [0.717, 1.165) is 0 Å². The van der Waals surface area contributed by atoms with Gasteiger partial charge in [-0.05, 0) is 24.3 Å². The molecule has 4 nitrogen and oxygen atoms in total. The number of primary amides is 2. The molecule has 6 heteroatoms. The van der Waals surface area contributed by atoms with Crippen molar-refractivity contribution in [3.05, 3.63) is 35.4 Å². The molecule has 1 aromatic rings. The summed E-state index contributed by atoms with van der Waals surface area (Å²) in [6, 6.07) is 5.84. The zero-order chi connectivity index (χ0) is 9.14. The van der Waals surface area contributed by atoms with Gasteiger partial charge in [-0.1, -0.05) is 0 Å². The van der Waals surface area contributed by atoms with E-state index in [1.54, 1.807) is 0 Å². The van der Waals surface area contributed by atoms with Crippen molar-refractivity contribution < 1.29 is 9.59 Å². The SMILES string of the molecule is Cl.Cl.NC(=O)c1ccc(C(N)=O)cc1. The van der Waals surface area contributed by atoms with E-state index in [1.165, 1.54) is 24.3 Å². The van der Waals surface area contributed by atoms with E-state index in [4.69, 9.17) is 11.5 Å². The highest BCUT2D eigenvalue weighted by atomic mass is 35.5. The summed E-state index contributed by atoms with van der Waals surface area (Å²) in [6.45, 7) is 0. The number of benzene rings is 1. The Kier molecular flexibility index (Phi) is 6.78. The molecule has 0 radical (unpaired) electrons.